The number of benzene rings is 1. The third-order valence-electron chi connectivity index (χ3n) is 2.62. The molecule has 0 aliphatic rings. The average molecular weight is 312 g/mol. The maximum atomic E-state index is 5.86. The summed E-state index contributed by atoms with van der Waals surface area (Å²) in [6.45, 7) is 1.97. The first-order valence-electron chi connectivity index (χ1n) is 5.58. The smallest absolute Gasteiger partial charge is 0.259 e. The molecule has 6 heteroatoms. The molecule has 5 nitrogen and oxygen atoms in total. The predicted molar refractivity (Wildman–Crippen MR) is 71.2 cm³/mol. The zero-order valence-corrected chi connectivity index (χ0v) is 11.8. The lowest BCUT2D eigenvalue weighted by atomic mass is 10.2. The zero-order chi connectivity index (χ0) is 13.1. The molecule has 0 radical (unpaired) electrons. The molecule has 1 atom stereocenters. The summed E-state index contributed by atoms with van der Waals surface area (Å²) in [4.78, 5) is 4.30. The molecule has 2 rings (SSSR count). The van der Waals surface area contributed by atoms with Crippen molar-refractivity contribution in [1.29, 1.82) is 0 Å². The van der Waals surface area contributed by atoms with Gasteiger partial charge in [-0.05, 0) is 40.5 Å². The van der Waals surface area contributed by atoms with Crippen molar-refractivity contribution < 1.29 is 9.26 Å². The second-order valence-corrected chi connectivity index (χ2v) is 4.67. The Morgan fingerprint density at radius 2 is 2.28 bits per heavy atom. The first-order chi connectivity index (χ1) is 8.65. The molecule has 0 amide bonds. The van der Waals surface area contributed by atoms with Crippen molar-refractivity contribution in [2.75, 3.05) is 7.11 Å². The van der Waals surface area contributed by atoms with Crippen LogP contribution in [0, 0.1) is 0 Å². The van der Waals surface area contributed by atoms with E-state index in [1.807, 2.05) is 25.1 Å². The van der Waals surface area contributed by atoms with Crippen LogP contribution in [0.2, 0.25) is 0 Å². The molecule has 0 saturated heterocycles. The van der Waals surface area contributed by atoms with Gasteiger partial charge in [0.2, 0.25) is 0 Å². The van der Waals surface area contributed by atoms with Gasteiger partial charge in [0.05, 0.1) is 18.7 Å². The Balaban J connectivity index is 2.39. The minimum absolute atomic E-state index is 0.202. The lowest BCUT2D eigenvalue weighted by Crippen LogP contribution is -2.10. The number of nitrogens with two attached hydrogens (primary N) is 1. The minimum Gasteiger partial charge on any atom is -0.497 e. The van der Waals surface area contributed by atoms with Crippen molar-refractivity contribution in [3.05, 3.63) is 28.5 Å². The van der Waals surface area contributed by atoms with Crippen LogP contribution in [-0.4, -0.2) is 17.3 Å². The summed E-state index contributed by atoms with van der Waals surface area (Å²) in [6.07, 6.45) is 0.762. The van der Waals surface area contributed by atoms with Crippen LogP contribution in [-0.2, 0) is 0 Å². The van der Waals surface area contributed by atoms with Gasteiger partial charge < -0.3 is 15.0 Å². The van der Waals surface area contributed by atoms with Crippen LogP contribution < -0.4 is 10.5 Å². The molecule has 0 saturated carbocycles. The summed E-state index contributed by atoms with van der Waals surface area (Å²) in [6, 6.07) is 5.35. The number of halogens is 1. The van der Waals surface area contributed by atoms with Gasteiger partial charge >= 0.3 is 0 Å². The van der Waals surface area contributed by atoms with Crippen molar-refractivity contribution in [3.8, 4) is 17.2 Å². The maximum Gasteiger partial charge on any atom is 0.259 e. The van der Waals surface area contributed by atoms with Gasteiger partial charge in [-0.2, -0.15) is 4.98 Å². The van der Waals surface area contributed by atoms with E-state index in [9.17, 15) is 0 Å². The van der Waals surface area contributed by atoms with Gasteiger partial charge in [0.15, 0.2) is 5.82 Å². The normalized spacial score (nSPS) is 12.4. The molecule has 96 valence electrons. The Morgan fingerprint density at radius 3 is 2.94 bits per heavy atom. The summed E-state index contributed by atoms with van der Waals surface area (Å²) in [7, 11) is 1.61. The van der Waals surface area contributed by atoms with Crippen LogP contribution in [0.15, 0.2) is 27.2 Å². The first kappa shape index (κ1) is 13.0. The van der Waals surface area contributed by atoms with E-state index in [-0.39, 0.29) is 6.04 Å². The van der Waals surface area contributed by atoms with Gasteiger partial charge in [0.1, 0.15) is 5.75 Å². The zero-order valence-electron chi connectivity index (χ0n) is 10.2. The van der Waals surface area contributed by atoms with Gasteiger partial charge in [-0.3, -0.25) is 0 Å². The fourth-order valence-corrected chi connectivity index (χ4v) is 1.89. The Kier molecular flexibility index (Phi) is 3.98. The second kappa shape index (κ2) is 5.49. The van der Waals surface area contributed by atoms with Gasteiger partial charge in [-0.1, -0.05) is 12.1 Å². The van der Waals surface area contributed by atoms with E-state index in [1.165, 1.54) is 0 Å². The fourth-order valence-electron chi connectivity index (χ4n) is 1.47. The number of nitrogens with zero attached hydrogens (tertiary/aromatic N) is 2. The first-order valence-corrected chi connectivity index (χ1v) is 6.38. The summed E-state index contributed by atoms with van der Waals surface area (Å²) in [5, 5.41) is 3.89. The fraction of sp³-hybridized carbons (Fsp3) is 0.333. The van der Waals surface area contributed by atoms with Crippen LogP contribution in [0.25, 0.3) is 11.5 Å². The lowest BCUT2D eigenvalue weighted by molar-refractivity contribution is 0.409. The largest absolute Gasteiger partial charge is 0.497 e. The predicted octanol–water partition coefficient (Wildman–Crippen LogP) is 2.92. The Morgan fingerprint density at radius 1 is 1.50 bits per heavy atom. The lowest BCUT2D eigenvalue weighted by Gasteiger charge is -2.03. The molecule has 0 bridgehead atoms. The summed E-state index contributed by atoms with van der Waals surface area (Å²) in [5.74, 6) is 1.68. The molecule has 1 unspecified atom stereocenters. The van der Waals surface area contributed by atoms with Crippen molar-refractivity contribution in [1.82, 2.24) is 10.1 Å². The molecular formula is C12H14BrN3O2. The molecule has 0 spiro atoms. The van der Waals surface area contributed by atoms with Crippen molar-refractivity contribution >= 4 is 15.9 Å². The Bertz CT molecular complexity index is 542. The molecule has 0 fully saturated rings. The summed E-state index contributed by atoms with van der Waals surface area (Å²) >= 11 is 3.45. The van der Waals surface area contributed by atoms with Crippen LogP contribution in [0.3, 0.4) is 0 Å². The topological polar surface area (TPSA) is 74.2 Å². The molecule has 1 aromatic heterocycles. The highest BCUT2D eigenvalue weighted by Crippen LogP contribution is 2.31. The molecular weight excluding hydrogens is 298 g/mol. The highest BCUT2D eigenvalue weighted by molar-refractivity contribution is 9.10. The monoisotopic (exact) mass is 311 g/mol. The van der Waals surface area contributed by atoms with Crippen LogP contribution in [0.5, 0.6) is 5.75 Å². The van der Waals surface area contributed by atoms with Gasteiger partial charge in [-0.15, -0.1) is 0 Å². The molecule has 0 aliphatic carbocycles. The third-order valence-corrected chi connectivity index (χ3v) is 3.31. The minimum atomic E-state index is -0.202. The number of hydrogen-bond donors (Lipinski definition) is 1. The van der Waals surface area contributed by atoms with Crippen molar-refractivity contribution in [2.45, 2.75) is 19.4 Å². The number of methoxy groups -OCH3 is 1. The molecule has 2 aromatic rings. The highest BCUT2D eigenvalue weighted by Gasteiger charge is 2.16. The average Bonchev–Trinajstić information content (AvgIpc) is 2.88. The van der Waals surface area contributed by atoms with E-state index in [0.29, 0.717) is 11.7 Å². The van der Waals surface area contributed by atoms with E-state index >= 15 is 0 Å². The van der Waals surface area contributed by atoms with Crippen molar-refractivity contribution in [2.24, 2.45) is 5.73 Å². The number of hydrogen-bond acceptors (Lipinski definition) is 5. The SMILES string of the molecule is CCC(N)c1noc(-c2cc(OC)ccc2Br)n1. The van der Waals surface area contributed by atoms with Crippen LogP contribution >= 0.6 is 15.9 Å². The highest BCUT2D eigenvalue weighted by atomic mass is 79.9. The van der Waals surface area contributed by atoms with E-state index in [4.69, 9.17) is 15.0 Å². The number of ether oxygens (including phenoxy) is 1. The standard InChI is InChI=1S/C12H14BrN3O2/c1-3-10(14)11-15-12(18-16-11)8-6-7(17-2)4-5-9(8)13/h4-6,10H,3,14H2,1-2H3. The van der Waals surface area contributed by atoms with E-state index in [1.54, 1.807) is 7.11 Å². The Labute approximate surface area is 113 Å². The van der Waals surface area contributed by atoms with E-state index < -0.39 is 0 Å². The third kappa shape index (κ3) is 2.54. The van der Waals surface area contributed by atoms with Crippen LogP contribution in [0.4, 0.5) is 0 Å². The molecule has 1 aromatic carbocycles. The molecule has 2 N–H and O–H groups in total. The maximum absolute atomic E-state index is 5.86. The summed E-state index contributed by atoms with van der Waals surface area (Å²) in [5.41, 5.74) is 6.65. The van der Waals surface area contributed by atoms with Gasteiger partial charge in [0, 0.05) is 4.47 Å². The van der Waals surface area contributed by atoms with Gasteiger partial charge in [-0.25, -0.2) is 0 Å². The Hall–Kier alpha value is -1.40. The molecule has 18 heavy (non-hydrogen) atoms. The summed E-state index contributed by atoms with van der Waals surface area (Å²) < 4.78 is 11.3. The number of rotatable bonds is 4. The molecule has 0 aliphatic heterocycles. The second-order valence-electron chi connectivity index (χ2n) is 3.82. The van der Waals surface area contributed by atoms with Crippen molar-refractivity contribution in [3.63, 3.8) is 0 Å². The van der Waals surface area contributed by atoms with Gasteiger partial charge in [0.25, 0.3) is 5.89 Å². The molecule has 1 heterocycles. The van der Waals surface area contributed by atoms with Crippen LogP contribution in [0.1, 0.15) is 25.2 Å². The van der Waals surface area contributed by atoms with E-state index in [0.717, 1.165) is 22.2 Å². The van der Waals surface area contributed by atoms with E-state index in [2.05, 4.69) is 26.1 Å². The number of aromatic nitrogens is 2. The quantitative estimate of drug-likeness (QED) is 0.939.